The Bertz CT molecular complexity index is 822. The number of hydrogen-bond acceptors (Lipinski definition) is 3. The zero-order valence-electron chi connectivity index (χ0n) is 16.6. The normalized spacial score (nSPS) is 17.1. The maximum Gasteiger partial charge on any atom is 0.416 e. The van der Waals surface area contributed by atoms with Gasteiger partial charge in [-0.05, 0) is 49.1 Å². The van der Waals surface area contributed by atoms with Crippen LogP contribution in [0.5, 0.6) is 5.75 Å². The quantitative estimate of drug-likeness (QED) is 0.451. The van der Waals surface area contributed by atoms with Gasteiger partial charge in [-0.2, -0.15) is 13.2 Å². The summed E-state index contributed by atoms with van der Waals surface area (Å²) in [6, 6.07) is 10.4. The first-order chi connectivity index (χ1) is 14.3. The fraction of sp³-hybridized carbons (Fsp3) is 0.455. The molecule has 1 atom stereocenters. The van der Waals surface area contributed by atoms with Gasteiger partial charge in [0.15, 0.2) is 6.23 Å². The van der Waals surface area contributed by atoms with E-state index in [4.69, 9.17) is 32.7 Å². The number of nitrogens with zero attached hydrogens (tertiary/aromatic N) is 1. The van der Waals surface area contributed by atoms with Gasteiger partial charge in [-0.1, -0.05) is 42.3 Å². The fourth-order valence-electron chi connectivity index (χ4n) is 3.46. The molecule has 3 nitrogen and oxygen atoms in total. The zero-order chi connectivity index (χ0) is 21.7. The Kier molecular flexibility index (Phi) is 7.91. The van der Waals surface area contributed by atoms with Crippen LogP contribution in [0, 0.1) is 0 Å². The Morgan fingerprint density at radius 2 is 1.70 bits per heavy atom. The van der Waals surface area contributed by atoms with Crippen molar-refractivity contribution in [1.82, 2.24) is 4.90 Å². The molecule has 0 saturated carbocycles. The summed E-state index contributed by atoms with van der Waals surface area (Å²) in [6.45, 7) is 4.00. The number of likely N-dealkylation sites (tertiary alicyclic amines) is 1. The molecular formula is C22H24Cl2F3NO2. The third kappa shape index (κ3) is 6.27. The van der Waals surface area contributed by atoms with Crippen LogP contribution in [0.25, 0.3) is 0 Å². The molecule has 1 fully saturated rings. The highest BCUT2D eigenvalue weighted by Crippen LogP contribution is 2.30. The van der Waals surface area contributed by atoms with Crippen LogP contribution < -0.4 is 4.74 Å². The van der Waals surface area contributed by atoms with Crippen molar-refractivity contribution in [3.8, 4) is 5.75 Å². The van der Waals surface area contributed by atoms with E-state index in [9.17, 15) is 13.2 Å². The van der Waals surface area contributed by atoms with Gasteiger partial charge in [0.1, 0.15) is 5.75 Å². The summed E-state index contributed by atoms with van der Waals surface area (Å²) in [6.07, 6.45) is -1.83. The number of benzene rings is 2. The summed E-state index contributed by atoms with van der Waals surface area (Å²) in [5.41, 5.74) is 0.0898. The Morgan fingerprint density at radius 3 is 2.27 bits per heavy atom. The van der Waals surface area contributed by atoms with Gasteiger partial charge in [-0.25, -0.2) is 0 Å². The summed E-state index contributed by atoms with van der Waals surface area (Å²) in [7, 11) is 0. The number of halogens is 5. The topological polar surface area (TPSA) is 21.7 Å². The van der Waals surface area contributed by atoms with E-state index in [2.05, 4.69) is 11.8 Å². The molecule has 0 N–H and O–H groups in total. The van der Waals surface area contributed by atoms with Gasteiger partial charge in [0.05, 0.1) is 28.3 Å². The number of piperidine rings is 1. The minimum Gasteiger partial charge on any atom is -0.475 e. The van der Waals surface area contributed by atoms with Crippen molar-refractivity contribution in [3.63, 3.8) is 0 Å². The van der Waals surface area contributed by atoms with Gasteiger partial charge in [-0.15, -0.1) is 0 Å². The zero-order valence-corrected chi connectivity index (χ0v) is 18.1. The average molecular weight is 462 g/mol. The first-order valence-electron chi connectivity index (χ1n) is 9.89. The fourth-order valence-corrected chi connectivity index (χ4v) is 3.75. The highest BCUT2D eigenvalue weighted by atomic mass is 35.5. The molecule has 0 spiro atoms. The van der Waals surface area contributed by atoms with Gasteiger partial charge in [0.25, 0.3) is 0 Å². The van der Waals surface area contributed by atoms with Crippen LogP contribution in [0.1, 0.15) is 37.3 Å². The van der Waals surface area contributed by atoms with Gasteiger partial charge in [0.2, 0.25) is 0 Å². The van der Waals surface area contributed by atoms with Gasteiger partial charge < -0.3 is 9.47 Å². The van der Waals surface area contributed by atoms with E-state index in [-0.39, 0.29) is 12.3 Å². The summed E-state index contributed by atoms with van der Waals surface area (Å²) in [5, 5.41) is 0.947. The van der Waals surface area contributed by atoms with Crippen LogP contribution in [-0.4, -0.2) is 30.3 Å². The van der Waals surface area contributed by atoms with Crippen LogP contribution >= 0.6 is 23.2 Å². The van der Waals surface area contributed by atoms with Crippen molar-refractivity contribution in [2.24, 2.45) is 0 Å². The number of alkyl halides is 3. The van der Waals surface area contributed by atoms with Crippen LogP contribution in [0.4, 0.5) is 13.2 Å². The lowest BCUT2D eigenvalue weighted by Gasteiger charge is -2.37. The maximum absolute atomic E-state index is 12.6. The molecule has 30 heavy (non-hydrogen) atoms. The second-order valence-corrected chi connectivity index (χ2v) is 8.11. The molecule has 0 aliphatic carbocycles. The van der Waals surface area contributed by atoms with E-state index >= 15 is 0 Å². The van der Waals surface area contributed by atoms with E-state index in [0.29, 0.717) is 22.4 Å². The third-order valence-electron chi connectivity index (χ3n) is 5.16. The van der Waals surface area contributed by atoms with Crippen LogP contribution in [0.3, 0.4) is 0 Å². The Hall–Kier alpha value is -1.47. The lowest BCUT2D eigenvalue weighted by Crippen LogP contribution is -2.45. The maximum atomic E-state index is 12.6. The first kappa shape index (κ1) is 23.2. The number of hydrogen-bond donors (Lipinski definition) is 0. The van der Waals surface area contributed by atoms with Gasteiger partial charge in [-0.3, -0.25) is 4.90 Å². The van der Waals surface area contributed by atoms with Crippen molar-refractivity contribution in [2.75, 3.05) is 13.1 Å². The van der Waals surface area contributed by atoms with Crippen LogP contribution in [0.15, 0.2) is 42.5 Å². The lowest BCUT2D eigenvalue weighted by molar-refractivity contribution is -0.137. The van der Waals surface area contributed by atoms with Gasteiger partial charge in [0, 0.05) is 19.2 Å². The van der Waals surface area contributed by atoms with E-state index in [1.807, 2.05) is 0 Å². The molecule has 164 valence electrons. The predicted octanol–water partition coefficient (Wildman–Crippen LogP) is 6.81. The lowest BCUT2D eigenvalue weighted by atomic mass is 10.1. The Labute approximate surface area is 184 Å². The van der Waals surface area contributed by atoms with E-state index in [1.165, 1.54) is 12.1 Å². The molecule has 1 aliphatic rings. The summed E-state index contributed by atoms with van der Waals surface area (Å²) < 4.78 is 49.9. The number of ether oxygens (including phenoxy) is 2. The summed E-state index contributed by atoms with van der Waals surface area (Å²) >= 11 is 12.0. The van der Waals surface area contributed by atoms with E-state index in [0.717, 1.165) is 50.0 Å². The summed E-state index contributed by atoms with van der Waals surface area (Å²) in [4.78, 5) is 2.26. The molecule has 0 bridgehead atoms. The second kappa shape index (κ2) is 10.2. The highest BCUT2D eigenvalue weighted by molar-refractivity contribution is 6.42. The predicted molar refractivity (Wildman–Crippen MR) is 112 cm³/mol. The molecule has 0 amide bonds. The Morgan fingerprint density at radius 1 is 1.03 bits per heavy atom. The minimum absolute atomic E-state index is 0.0712. The standard InChI is InChI=1S/C22H24Cl2F3NO2/c1-2-21(30-18-7-8-19(23)20(24)13-18)28-11-9-17(10-12-28)29-14-15-3-5-16(6-4-15)22(25,26)27/h3-8,13,17,21H,2,9-12,14H2,1H3. The third-order valence-corrected chi connectivity index (χ3v) is 5.90. The Balaban J connectivity index is 1.47. The first-order valence-corrected chi connectivity index (χ1v) is 10.7. The van der Waals surface area contributed by atoms with Crippen molar-refractivity contribution < 1.29 is 22.6 Å². The van der Waals surface area contributed by atoms with Gasteiger partial charge >= 0.3 is 6.18 Å². The molecule has 0 aromatic heterocycles. The molecule has 0 radical (unpaired) electrons. The summed E-state index contributed by atoms with van der Waals surface area (Å²) in [5.74, 6) is 0.678. The molecule has 1 saturated heterocycles. The SMILES string of the molecule is CCC(Oc1ccc(Cl)c(Cl)c1)N1CCC(OCc2ccc(C(F)(F)F)cc2)CC1. The molecule has 1 heterocycles. The second-order valence-electron chi connectivity index (χ2n) is 7.30. The van der Waals surface area contributed by atoms with Crippen molar-refractivity contribution in [1.29, 1.82) is 0 Å². The molecule has 1 aliphatic heterocycles. The van der Waals surface area contributed by atoms with Crippen LogP contribution in [-0.2, 0) is 17.5 Å². The molecule has 2 aromatic carbocycles. The number of rotatable bonds is 7. The van der Waals surface area contributed by atoms with E-state index in [1.54, 1.807) is 18.2 Å². The molecule has 2 aromatic rings. The molecule has 3 rings (SSSR count). The van der Waals surface area contributed by atoms with Crippen molar-refractivity contribution in [3.05, 3.63) is 63.6 Å². The highest BCUT2D eigenvalue weighted by Gasteiger charge is 2.30. The largest absolute Gasteiger partial charge is 0.475 e. The average Bonchev–Trinajstić information content (AvgIpc) is 2.73. The minimum atomic E-state index is -4.32. The molecular weight excluding hydrogens is 438 g/mol. The van der Waals surface area contributed by atoms with Crippen molar-refractivity contribution in [2.45, 2.75) is 51.3 Å². The molecule has 1 unspecified atom stereocenters. The smallest absolute Gasteiger partial charge is 0.416 e. The van der Waals surface area contributed by atoms with E-state index < -0.39 is 11.7 Å². The molecule has 8 heteroatoms. The van der Waals surface area contributed by atoms with Crippen molar-refractivity contribution >= 4 is 23.2 Å². The monoisotopic (exact) mass is 461 g/mol. The van der Waals surface area contributed by atoms with Crippen LogP contribution in [0.2, 0.25) is 10.0 Å².